The molecule has 118 valence electrons. The van der Waals surface area contributed by atoms with E-state index in [0.717, 1.165) is 12.0 Å². The number of phenolic OH excluding ortho intramolecular Hbond substituents is 1. The van der Waals surface area contributed by atoms with E-state index in [1.54, 1.807) is 6.07 Å². The number of rotatable bonds is 12. The Bertz CT molecular complexity index is 387. The highest BCUT2D eigenvalue weighted by molar-refractivity contribution is 5.31. The zero-order valence-electron chi connectivity index (χ0n) is 13.5. The molecule has 0 spiro atoms. The Kier molecular flexibility index (Phi) is 10.3. The van der Waals surface area contributed by atoms with E-state index in [2.05, 4.69) is 18.3 Å². The molecule has 0 unspecified atom stereocenters. The number of phenols is 1. The third-order valence-corrected chi connectivity index (χ3v) is 3.74. The Labute approximate surface area is 130 Å². The molecular formula is C19H31NO. The molecule has 1 rings (SSSR count). The summed E-state index contributed by atoms with van der Waals surface area (Å²) in [5, 5.41) is 12.9. The summed E-state index contributed by atoms with van der Waals surface area (Å²) in [5.74, 6) is 0.362. The first kappa shape index (κ1) is 17.6. The lowest BCUT2D eigenvalue weighted by Crippen LogP contribution is -2.04. The molecule has 0 amide bonds. The lowest BCUT2D eigenvalue weighted by Gasteiger charge is -2.03. The second-order valence-electron chi connectivity index (χ2n) is 5.68. The molecule has 0 radical (unpaired) electrons. The Morgan fingerprint density at radius 3 is 2.33 bits per heavy atom. The molecule has 0 aromatic heterocycles. The van der Waals surface area contributed by atoms with Gasteiger partial charge in [0, 0.05) is 12.1 Å². The molecular weight excluding hydrogens is 258 g/mol. The molecule has 0 saturated carbocycles. The van der Waals surface area contributed by atoms with Crippen LogP contribution < -0.4 is 5.32 Å². The van der Waals surface area contributed by atoms with Crippen LogP contribution in [0, 0.1) is 0 Å². The zero-order valence-corrected chi connectivity index (χ0v) is 13.5. The molecule has 21 heavy (non-hydrogen) atoms. The Balaban J connectivity index is 1.92. The topological polar surface area (TPSA) is 32.3 Å². The van der Waals surface area contributed by atoms with Gasteiger partial charge in [-0.15, -0.1) is 0 Å². The minimum Gasteiger partial charge on any atom is -0.508 e. The van der Waals surface area contributed by atoms with E-state index in [-0.39, 0.29) is 0 Å². The summed E-state index contributed by atoms with van der Waals surface area (Å²) in [6, 6.07) is 7.45. The van der Waals surface area contributed by atoms with Gasteiger partial charge in [0.05, 0.1) is 0 Å². The maximum absolute atomic E-state index is 9.62. The standard InChI is InChI=1S/C19H31NO/c1-2-3-4-5-6-7-8-9-10-13-16-20-17-18-14-11-12-15-19(18)21/h11-16,20-21H,2-10,17H2,1H3/b16-13+. The lowest BCUT2D eigenvalue weighted by molar-refractivity contribution is 0.467. The lowest BCUT2D eigenvalue weighted by atomic mass is 10.1. The van der Waals surface area contributed by atoms with Crippen LogP contribution in [-0.4, -0.2) is 5.11 Å². The molecule has 2 nitrogen and oxygen atoms in total. The van der Waals surface area contributed by atoms with E-state index in [1.165, 1.54) is 51.4 Å². The van der Waals surface area contributed by atoms with Crippen molar-refractivity contribution in [3.63, 3.8) is 0 Å². The molecule has 1 aromatic rings. The smallest absolute Gasteiger partial charge is 0.120 e. The van der Waals surface area contributed by atoms with Crippen molar-refractivity contribution in [1.29, 1.82) is 0 Å². The van der Waals surface area contributed by atoms with Crippen molar-refractivity contribution >= 4 is 0 Å². The molecule has 2 heteroatoms. The van der Waals surface area contributed by atoms with Crippen LogP contribution in [0.15, 0.2) is 36.5 Å². The van der Waals surface area contributed by atoms with E-state index in [4.69, 9.17) is 0 Å². The first-order chi connectivity index (χ1) is 10.3. The number of hydrogen-bond acceptors (Lipinski definition) is 2. The van der Waals surface area contributed by atoms with Crippen molar-refractivity contribution in [2.45, 2.75) is 71.3 Å². The van der Waals surface area contributed by atoms with Gasteiger partial charge in [-0.05, 0) is 25.1 Å². The summed E-state index contributed by atoms with van der Waals surface area (Å²) < 4.78 is 0. The summed E-state index contributed by atoms with van der Waals surface area (Å²) in [7, 11) is 0. The van der Waals surface area contributed by atoms with Crippen molar-refractivity contribution in [2.24, 2.45) is 0 Å². The molecule has 0 aliphatic carbocycles. The maximum atomic E-state index is 9.62. The van der Waals surface area contributed by atoms with Gasteiger partial charge >= 0.3 is 0 Å². The fourth-order valence-electron chi connectivity index (χ4n) is 2.39. The molecule has 0 heterocycles. The van der Waals surface area contributed by atoms with E-state index in [9.17, 15) is 5.11 Å². The van der Waals surface area contributed by atoms with E-state index < -0.39 is 0 Å². The van der Waals surface area contributed by atoms with Crippen LogP contribution in [0.2, 0.25) is 0 Å². The average Bonchev–Trinajstić information content (AvgIpc) is 2.50. The Hall–Kier alpha value is -1.44. The summed E-state index contributed by atoms with van der Waals surface area (Å²) >= 11 is 0. The van der Waals surface area contributed by atoms with Crippen molar-refractivity contribution < 1.29 is 5.11 Å². The van der Waals surface area contributed by atoms with Gasteiger partial charge in [-0.25, -0.2) is 0 Å². The number of hydrogen-bond donors (Lipinski definition) is 2. The summed E-state index contributed by atoms with van der Waals surface area (Å²) in [4.78, 5) is 0. The number of aromatic hydroxyl groups is 1. The van der Waals surface area contributed by atoms with Crippen LogP contribution in [0.25, 0.3) is 0 Å². The second kappa shape index (κ2) is 12.3. The maximum Gasteiger partial charge on any atom is 0.120 e. The van der Waals surface area contributed by atoms with Crippen LogP contribution in [0.1, 0.15) is 70.3 Å². The van der Waals surface area contributed by atoms with Gasteiger partial charge in [0.1, 0.15) is 5.75 Å². The quantitative estimate of drug-likeness (QED) is 0.496. The number of unbranched alkanes of at least 4 members (excludes halogenated alkanes) is 8. The minimum atomic E-state index is 0.362. The normalized spacial score (nSPS) is 11.1. The zero-order chi connectivity index (χ0) is 15.2. The van der Waals surface area contributed by atoms with Gasteiger partial charge in [0.2, 0.25) is 0 Å². The van der Waals surface area contributed by atoms with Gasteiger partial charge < -0.3 is 10.4 Å². The first-order valence-electron chi connectivity index (χ1n) is 8.50. The SMILES string of the molecule is CCCCCCCCCC/C=C/NCc1ccccc1O. The molecule has 0 fully saturated rings. The van der Waals surface area contributed by atoms with Crippen LogP contribution in [-0.2, 0) is 6.54 Å². The van der Waals surface area contributed by atoms with E-state index >= 15 is 0 Å². The van der Waals surface area contributed by atoms with E-state index in [1.807, 2.05) is 24.4 Å². The fraction of sp³-hybridized carbons (Fsp3) is 0.579. The third-order valence-electron chi connectivity index (χ3n) is 3.74. The highest BCUT2D eigenvalue weighted by Gasteiger charge is 1.96. The molecule has 1 aromatic carbocycles. The second-order valence-corrected chi connectivity index (χ2v) is 5.68. The highest BCUT2D eigenvalue weighted by atomic mass is 16.3. The van der Waals surface area contributed by atoms with Crippen LogP contribution in [0.4, 0.5) is 0 Å². The van der Waals surface area contributed by atoms with E-state index in [0.29, 0.717) is 12.3 Å². The summed E-state index contributed by atoms with van der Waals surface area (Å²) in [6.45, 7) is 2.94. The molecule has 0 atom stereocenters. The van der Waals surface area contributed by atoms with Gasteiger partial charge in [0.15, 0.2) is 0 Å². The Morgan fingerprint density at radius 2 is 1.62 bits per heavy atom. The van der Waals surface area contributed by atoms with Gasteiger partial charge in [-0.2, -0.15) is 0 Å². The molecule has 0 bridgehead atoms. The van der Waals surface area contributed by atoms with Crippen molar-refractivity contribution in [1.82, 2.24) is 5.32 Å². The van der Waals surface area contributed by atoms with Crippen molar-refractivity contribution in [2.75, 3.05) is 0 Å². The van der Waals surface area contributed by atoms with Crippen LogP contribution >= 0.6 is 0 Å². The minimum absolute atomic E-state index is 0.362. The Morgan fingerprint density at radius 1 is 0.952 bits per heavy atom. The molecule has 0 aliphatic heterocycles. The largest absolute Gasteiger partial charge is 0.508 e. The predicted molar refractivity (Wildman–Crippen MR) is 91.3 cm³/mol. The molecule has 2 N–H and O–H groups in total. The summed E-state index contributed by atoms with van der Waals surface area (Å²) in [6.07, 6.45) is 16.3. The third kappa shape index (κ3) is 9.17. The number of allylic oxidation sites excluding steroid dienone is 1. The van der Waals surface area contributed by atoms with Crippen LogP contribution in [0.5, 0.6) is 5.75 Å². The predicted octanol–water partition coefficient (Wildman–Crippen LogP) is 5.53. The highest BCUT2D eigenvalue weighted by Crippen LogP contribution is 2.14. The van der Waals surface area contributed by atoms with Gasteiger partial charge in [-0.3, -0.25) is 0 Å². The van der Waals surface area contributed by atoms with Gasteiger partial charge in [0.25, 0.3) is 0 Å². The molecule has 0 aliphatic rings. The first-order valence-corrected chi connectivity index (χ1v) is 8.50. The van der Waals surface area contributed by atoms with Crippen molar-refractivity contribution in [3.05, 3.63) is 42.1 Å². The number of benzene rings is 1. The number of nitrogens with one attached hydrogen (secondary N) is 1. The number of para-hydroxylation sites is 1. The monoisotopic (exact) mass is 289 g/mol. The average molecular weight is 289 g/mol. The van der Waals surface area contributed by atoms with Gasteiger partial charge in [-0.1, -0.05) is 76.1 Å². The van der Waals surface area contributed by atoms with Crippen molar-refractivity contribution in [3.8, 4) is 5.75 Å². The fourth-order valence-corrected chi connectivity index (χ4v) is 2.39. The summed E-state index contributed by atoms with van der Waals surface area (Å²) in [5.41, 5.74) is 0.939. The van der Waals surface area contributed by atoms with Crippen LogP contribution in [0.3, 0.4) is 0 Å². The molecule has 0 saturated heterocycles.